The van der Waals surface area contributed by atoms with E-state index < -0.39 is 11.4 Å². The molecule has 0 saturated heterocycles. The average molecular weight is 291 g/mol. The number of hydrogen-bond acceptors (Lipinski definition) is 2. The standard InChI is InChI=1S/C13H16Cl2O3/c1-13(2,12(16)17)6-3-7-18-9-4-5-10(14)11(15)8-9/h4-5,8H,3,6-7H2,1-2H3,(H,16,17). The van der Waals surface area contributed by atoms with E-state index >= 15 is 0 Å². The molecule has 0 amide bonds. The summed E-state index contributed by atoms with van der Waals surface area (Å²) in [6.07, 6.45) is 1.23. The summed E-state index contributed by atoms with van der Waals surface area (Å²) >= 11 is 11.6. The van der Waals surface area contributed by atoms with Crippen LogP contribution in [0.1, 0.15) is 26.7 Å². The van der Waals surface area contributed by atoms with Gasteiger partial charge in [-0.1, -0.05) is 23.2 Å². The first kappa shape index (κ1) is 15.1. The molecule has 0 fully saturated rings. The van der Waals surface area contributed by atoms with Gasteiger partial charge < -0.3 is 9.84 Å². The summed E-state index contributed by atoms with van der Waals surface area (Å²) in [5, 5.41) is 9.88. The number of hydrogen-bond donors (Lipinski definition) is 1. The van der Waals surface area contributed by atoms with Gasteiger partial charge in [-0.25, -0.2) is 0 Å². The van der Waals surface area contributed by atoms with E-state index in [-0.39, 0.29) is 0 Å². The van der Waals surface area contributed by atoms with Crippen LogP contribution in [0.2, 0.25) is 10.0 Å². The summed E-state index contributed by atoms with van der Waals surface area (Å²) in [4.78, 5) is 10.9. The van der Waals surface area contributed by atoms with Gasteiger partial charge >= 0.3 is 5.97 Å². The first-order chi connectivity index (χ1) is 8.33. The van der Waals surface area contributed by atoms with Gasteiger partial charge in [0.15, 0.2) is 0 Å². The second-order valence-corrected chi connectivity index (χ2v) is 5.53. The Hall–Kier alpha value is -0.930. The Morgan fingerprint density at radius 1 is 1.33 bits per heavy atom. The first-order valence-corrected chi connectivity index (χ1v) is 6.40. The zero-order chi connectivity index (χ0) is 13.8. The predicted octanol–water partition coefficient (Wildman–Crippen LogP) is 4.26. The van der Waals surface area contributed by atoms with Crippen molar-refractivity contribution in [2.45, 2.75) is 26.7 Å². The number of benzene rings is 1. The number of carboxylic acids is 1. The molecule has 0 aromatic heterocycles. The number of halogens is 2. The molecular formula is C13H16Cl2O3. The Morgan fingerprint density at radius 3 is 2.56 bits per heavy atom. The van der Waals surface area contributed by atoms with Crippen LogP contribution in [0.15, 0.2) is 18.2 Å². The maximum absolute atomic E-state index is 10.9. The van der Waals surface area contributed by atoms with Crippen LogP contribution < -0.4 is 4.74 Å². The smallest absolute Gasteiger partial charge is 0.309 e. The van der Waals surface area contributed by atoms with E-state index in [9.17, 15) is 4.79 Å². The van der Waals surface area contributed by atoms with Gasteiger partial charge in [0, 0.05) is 6.07 Å². The van der Waals surface area contributed by atoms with Crippen LogP contribution in [0.25, 0.3) is 0 Å². The van der Waals surface area contributed by atoms with Crippen LogP contribution in [-0.4, -0.2) is 17.7 Å². The van der Waals surface area contributed by atoms with Crippen LogP contribution in [-0.2, 0) is 4.79 Å². The fraction of sp³-hybridized carbons (Fsp3) is 0.462. The fourth-order valence-corrected chi connectivity index (χ4v) is 1.67. The molecule has 0 bridgehead atoms. The lowest BCUT2D eigenvalue weighted by molar-refractivity contribution is -0.147. The highest BCUT2D eigenvalue weighted by Crippen LogP contribution is 2.27. The van der Waals surface area contributed by atoms with E-state index in [4.69, 9.17) is 33.0 Å². The maximum atomic E-state index is 10.9. The third-order valence-electron chi connectivity index (χ3n) is 2.68. The van der Waals surface area contributed by atoms with Crippen molar-refractivity contribution < 1.29 is 14.6 Å². The Balaban J connectivity index is 2.38. The molecule has 3 nitrogen and oxygen atoms in total. The minimum absolute atomic E-state index is 0.444. The number of aliphatic carboxylic acids is 1. The molecule has 0 spiro atoms. The van der Waals surface area contributed by atoms with Gasteiger partial charge in [-0.3, -0.25) is 4.79 Å². The van der Waals surface area contributed by atoms with Gasteiger partial charge in [0.25, 0.3) is 0 Å². The number of carboxylic acid groups (broad SMARTS) is 1. The van der Waals surface area contributed by atoms with E-state index in [1.807, 2.05) is 0 Å². The third kappa shape index (κ3) is 4.39. The molecule has 5 heteroatoms. The second kappa shape index (κ2) is 6.30. The minimum atomic E-state index is -0.794. The van der Waals surface area contributed by atoms with Gasteiger partial charge in [-0.2, -0.15) is 0 Å². The summed E-state index contributed by atoms with van der Waals surface area (Å²) in [5.41, 5.74) is -0.721. The summed E-state index contributed by atoms with van der Waals surface area (Å²) in [6.45, 7) is 3.86. The molecule has 1 aromatic carbocycles. The monoisotopic (exact) mass is 290 g/mol. The number of rotatable bonds is 6. The zero-order valence-corrected chi connectivity index (χ0v) is 11.9. The maximum Gasteiger partial charge on any atom is 0.309 e. The Kier molecular flexibility index (Phi) is 5.29. The molecule has 1 aromatic rings. The SMILES string of the molecule is CC(C)(CCCOc1ccc(Cl)c(Cl)c1)C(=O)O. The van der Waals surface area contributed by atoms with Crippen LogP contribution in [0.3, 0.4) is 0 Å². The minimum Gasteiger partial charge on any atom is -0.494 e. The van der Waals surface area contributed by atoms with E-state index in [2.05, 4.69) is 0 Å². The van der Waals surface area contributed by atoms with Crippen molar-refractivity contribution in [2.75, 3.05) is 6.61 Å². The number of ether oxygens (including phenoxy) is 1. The highest BCUT2D eigenvalue weighted by Gasteiger charge is 2.26. The third-order valence-corrected chi connectivity index (χ3v) is 3.42. The quantitative estimate of drug-likeness (QED) is 0.796. The molecule has 100 valence electrons. The van der Waals surface area contributed by atoms with Crippen LogP contribution >= 0.6 is 23.2 Å². The fourth-order valence-electron chi connectivity index (χ4n) is 1.38. The molecule has 1 rings (SSSR count). The molecule has 0 aliphatic carbocycles. The molecular weight excluding hydrogens is 275 g/mol. The van der Waals surface area contributed by atoms with Crippen molar-refractivity contribution >= 4 is 29.2 Å². The van der Waals surface area contributed by atoms with Crippen molar-refractivity contribution in [2.24, 2.45) is 5.41 Å². The van der Waals surface area contributed by atoms with Crippen molar-refractivity contribution in [3.63, 3.8) is 0 Å². The second-order valence-electron chi connectivity index (χ2n) is 4.72. The van der Waals surface area contributed by atoms with Crippen LogP contribution in [0, 0.1) is 5.41 Å². The predicted molar refractivity (Wildman–Crippen MR) is 72.6 cm³/mol. The normalized spacial score (nSPS) is 11.3. The van der Waals surface area contributed by atoms with Gasteiger partial charge in [-0.15, -0.1) is 0 Å². The Labute approximate surface area is 117 Å². The van der Waals surface area contributed by atoms with Gasteiger partial charge in [0.2, 0.25) is 0 Å². The van der Waals surface area contributed by atoms with Crippen molar-refractivity contribution in [3.8, 4) is 5.75 Å². The lowest BCUT2D eigenvalue weighted by Gasteiger charge is -2.18. The zero-order valence-electron chi connectivity index (χ0n) is 10.4. The molecule has 0 unspecified atom stereocenters. The van der Waals surface area contributed by atoms with Gasteiger partial charge in [0.1, 0.15) is 5.75 Å². The topological polar surface area (TPSA) is 46.5 Å². The van der Waals surface area contributed by atoms with E-state index in [1.165, 1.54) is 0 Å². The van der Waals surface area contributed by atoms with E-state index in [0.29, 0.717) is 35.2 Å². The Bertz CT molecular complexity index is 430. The largest absolute Gasteiger partial charge is 0.494 e. The molecule has 1 N–H and O–H groups in total. The Morgan fingerprint density at radius 2 is 2.00 bits per heavy atom. The van der Waals surface area contributed by atoms with Gasteiger partial charge in [0.05, 0.1) is 22.1 Å². The molecule has 0 aliphatic heterocycles. The van der Waals surface area contributed by atoms with E-state index in [0.717, 1.165) is 0 Å². The van der Waals surface area contributed by atoms with E-state index in [1.54, 1.807) is 32.0 Å². The summed E-state index contributed by atoms with van der Waals surface area (Å²) < 4.78 is 5.48. The van der Waals surface area contributed by atoms with Crippen molar-refractivity contribution in [1.82, 2.24) is 0 Å². The molecule has 0 heterocycles. The lowest BCUT2D eigenvalue weighted by atomic mass is 9.88. The molecule has 0 aliphatic rings. The molecule has 0 saturated carbocycles. The van der Waals surface area contributed by atoms with Crippen LogP contribution in [0.4, 0.5) is 0 Å². The molecule has 0 atom stereocenters. The molecule has 0 radical (unpaired) electrons. The van der Waals surface area contributed by atoms with Crippen molar-refractivity contribution in [1.29, 1.82) is 0 Å². The van der Waals surface area contributed by atoms with Gasteiger partial charge in [-0.05, 0) is 38.8 Å². The lowest BCUT2D eigenvalue weighted by Crippen LogP contribution is -2.24. The van der Waals surface area contributed by atoms with Crippen LogP contribution in [0.5, 0.6) is 5.75 Å². The summed E-state index contributed by atoms with van der Waals surface area (Å²) in [5.74, 6) is -0.158. The summed E-state index contributed by atoms with van der Waals surface area (Å²) in [6, 6.07) is 5.04. The first-order valence-electron chi connectivity index (χ1n) is 5.64. The average Bonchev–Trinajstić information content (AvgIpc) is 2.29. The summed E-state index contributed by atoms with van der Waals surface area (Å²) in [7, 11) is 0. The highest BCUT2D eigenvalue weighted by atomic mass is 35.5. The molecule has 18 heavy (non-hydrogen) atoms. The van der Waals surface area contributed by atoms with Crippen molar-refractivity contribution in [3.05, 3.63) is 28.2 Å². The number of carbonyl (C=O) groups is 1. The highest BCUT2D eigenvalue weighted by molar-refractivity contribution is 6.42.